The molecular formula is C20H33ClN4O2. The number of halogens is 1. The molecule has 0 heterocycles. The molecule has 152 valence electrons. The molecule has 1 atom stereocenters. The molecular weight excluding hydrogens is 364 g/mol. The molecule has 7 heteroatoms. The van der Waals surface area contributed by atoms with Crippen LogP contribution >= 0.6 is 11.6 Å². The Labute approximate surface area is 168 Å². The average molecular weight is 397 g/mol. The van der Waals surface area contributed by atoms with E-state index in [4.69, 9.17) is 11.6 Å². The van der Waals surface area contributed by atoms with Crippen molar-refractivity contribution in [3.8, 4) is 0 Å². The van der Waals surface area contributed by atoms with Crippen molar-refractivity contribution in [2.45, 2.75) is 39.2 Å². The number of unbranched alkanes of at least 4 members (excludes halogenated alkanes) is 1. The van der Waals surface area contributed by atoms with E-state index in [1.54, 1.807) is 7.05 Å². The van der Waals surface area contributed by atoms with E-state index in [2.05, 4.69) is 45.2 Å². The molecule has 0 aliphatic carbocycles. The second kappa shape index (κ2) is 13.4. The summed E-state index contributed by atoms with van der Waals surface area (Å²) < 4.78 is 4.65. The molecule has 1 aromatic carbocycles. The first-order valence-corrected chi connectivity index (χ1v) is 9.94. The van der Waals surface area contributed by atoms with Crippen LogP contribution in [0.1, 0.15) is 44.7 Å². The number of likely N-dealkylation sites (N-methyl/N-ethyl adjacent to an activating group) is 1. The Balaban J connectivity index is 2.60. The largest absolute Gasteiger partial charge is 0.469 e. The fourth-order valence-corrected chi connectivity index (χ4v) is 3.22. The third kappa shape index (κ3) is 8.18. The lowest BCUT2D eigenvalue weighted by atomic mass is 10.0. The molecule has 0 fully saturated rings. The number of nitrogens with zero attached hydrogens (tertiary/aromatic N) is 2. The minimum Gasteiger partial charge on any atom is -0.469 e. The summed E-state index contributed by atoms with van der Waals surface area (Å²) in [6, 6.07) is 8.14. The molecule has 0 bridgehead atoms. The lowest BCUT2D eigenvalue weighted by Crippen LogP contribution is -2.43. The van der Waals surface area contributed by atoms with Crippen molar-refractivity contribution in [2.75, 3.05) is 40.3 Å². The van der Waals surface area contributed by atoms with Crippen molar-refractivity contribution < 1.29 is 9.53 Å². The number of methoxy groups -OCH3 is 1. The average Bonchev–Trinajstić information content (AvgIpc) is 2.69. The van der Waals surface area contributed by atoms with Gasteiger partial charge in [-0.05, 0) is 37.6 Å². The molecule has 27 heavy (non-hydrogen) atoms. The van der Waals surface area contributed by atoms with Crippen LogP contribution in [0.15, 0.2) is 29.3 Å². The molecule has 0 aromatic heterocycles. The highest BCUT2D eigenvalue weighted by molar-refractivity contribution is 6.31. The summed E-state index contributed by atoms with van der Waals surface area (Å²) in [5.74, 6) is 0.580. The van der Waals surface area contributed by atoms with Crippen LogP contribution in [0.3, 0.4) is 0 Å². The van der Waals surface area contributed by atoms with Gasteiger partial charge in [0.15, 0.2) is 5.96 Å². The smallest absolute Gasteiger partial charge is 0.305 e. The van der Waals surface area contributed by atoms with E-state index >= 15 is 0 Å². The van der Waals surface area contributed by atoms with Crippen LogP contribution in [0.5, 0.6) is 0 Å². The van der Waals surface area contributed by atoms with Crippen LogP contribution in [0.25, 0.3) is 0 Å². The maximum absolute atomic E-state index is 11.1. The fraction of sp³-hybridized carbons (Fsp3) is 0.600. The molecule has 1 aromatic rings. The normalized spacial score (nSPS) is 12.7. The molecule has 6 nitrogen and oxygen atoms in total. The zero-order valence-electron chi connectivity index (χ0n) is 16.9. The van der Waals surface area contributed by atoms with Crippen molar-refractivity contribution in [2.24, 2.45) is 4.99 Å². The van der Waals surface area contributed by atoms with Gasteiger partial charge in [0.05, 0.1) is 13.2 Å². The predicted molar refractivity (Wildman–Crippen MR) is 112 cm³/mol. The van der Waals surface area contributed by atoms with E-state index < -0.39 is 0 Å². The van der Waals surface area contributed by atoms with Gasteiger partial charge < -0.3 is 15.4 Å². The van der Waals surface area contributed by atoms with Crippen molar-refractivity contribution >= 4 is 23.5 Å². The Morgan fingerprint density at radius 2 is 1.93 bits per heavy atom. The van der Waals surface area contributed by atoms with Gasteiger partial charge in [-0.3, -0.25) is 14.7 Å². The zero-order chi connectivity index (χ0) is 20.1. The second-order valence-corrected chi connectivity index (χ2v) is 6.58. The quantitative estimate of drug-likeness (QED) is 0.260. The van der Waals surface area contributed by atoms with E-state index in [0.717, 1.165) is 49.0 Å². The highest BCUT2D eigenvalue weighted by Crippen LogP contribution is 2.26. The summed E-state index contributed by atoms with van der Waals surface area (Å²) in [7, 11) is 3.17. The van der Waals surface area contributed by atoms with E-state index in [1.165, 1.54) is 7.11 Å². The first-order chi connectivity index (χ1) is 13.1. The number of hydrogen-bond donors (Lipinski definition) is 2. The summed E-state index contributed by atoms with van der Waals surface area (Å²) in [4.78, 5) is 17.8. The van der Waals surface area contributed by atoms with Gasteiger partial charge in [0.2, 0.25) is 0 Å². The molecule has 0 spiro atoms. The fourth-order valence-electron chi connectivity index (χ4n) is 2.96. The van der Waals surface area contributed by atoms with Gasteiger partial charge >= 0.3 is 5.97 Å². The van der Waals surface area contributed by atoms with Crippen LogP contribution in [-0.4, -0.2) is 57.2 Å². The van der Waals surface area contributed by atoms with E-state index in [-0.39, 0.29) is 12.0 Å². The second-order valence-electron chi connectivity index (χ2n) is 6.17. The van der Waals surface area contributed by atoms with Gasteiger partial charge in [-0.25, -0.2) is 0 Å². The van der Waals surface area contributed by atoms with Gasteiger partial charge in [0.1, 0.15) is 0 Å². The number of aliphatic imine (C=N–C) groups is 1. The van der Waals surface area contributed by atoms with Crippen LogP contribution in [0.4, 0.5) is 0 Å². The number of hydrogen-bond acceptors (Lipinski definition) is 4. The van der Waals surface area contributed by atoms with Crippen molar-refractivity contribution in [1.29, 1.82) is 0 Å². The summed E-state index contributed by atoms with van der Waals surface area (Å²) >= 11 is 6.44. The maximum atomic E-state index is 11.1. The van der Waals surface area contributed by atoms with Gasteiger partial charge in [0, 0.05) is 31.6 Å². The number of nitrogens with one attached hydrogen (secondary N) is 2. The SMILES string of the molecule is CCN(CC)C(CNC(=NC)NCCCCC(=O)OC)c1ccccc1Cl. The lowest BCUT2D eigenvalue weighted by molar-refractivity contribution is -0.140. The van der Waals surface area contributed by atoms with Gasteiger partial charge in [0.25, 0.3) is 0 Å². The third-order valence-corrected chi connectivity index (χ3v) is 4.88. The van der Waals surface area contributed by atoms with Crippen LogP contribution < -0.4 is 10.6 Å². The van der Waals surface area contributed by atoms with Crippen molar-refractivity contribution in [3.05, 3.63) is 34.9 Å². The van der Waals surface area contributed by atoms with Crippen LogP contribution in [-0.2, 0) is 9.53 Å². The van der Waals surface area contributed by atoms with E-state index in [0.29, 0.717) is 13.0 Å². The minimum atomic E-state index is -0.167. The first-order valence-electron chi connectivity index (χ1n) is 9.57. The Hall–Kier alpha value is -1.79. The minimum absolute atomic E-state index is 0.159. The standard InChI is InChI=1S/C20H33ClN4O2/c1-5-25(6-2)18(16-11-7-8-12-17(16)21)15-24-20(22-3)23-14-10-9-13-19(26)27-4/h7-8,11-12,18H,5-6,9-10,13-15H2,1-4H3,(H2,22,23,24). The molecule has 0 saturated carbocycles. The summed E-state index contributed by atoms with van der Waals surface area (Å²) in [5.41, 5.74) is 1.11. The molecule has 0 aliphatic heterocycles. The van der Waals surface area contributed by atoms with E-state index in [1.807, 2.05) is 18.2 Å². The molecule has 0 aliphatic rings. The van der Waals surface area contributed by atoms with E-state index in [9.17, 15) is 4.79 Å². The highest BCUT2D eigenvalue weighted by atomic mass is 35.5. The topological polar surface area (TPSA) is 66.0 Å². The maximum Gasteiger partial charge on any atom is 0.305 e. The number of benzene rings is 1. The zero-order valence-corrected chi connectivity index (χ0v) is 17.7. The van der Waals surface area contributed by atoms with Gasteiger partial charge in [-0.15, -0.1) is 0 Å². The predicted octanol–water partition coefficient (Wildman–Crippen LogP) is 3.23. The molecule has 1 rings (SSSR count). The Morgan fingerprint density at radius 3 is 2.52 bits per heavy atom. The Bertz CT molecular complexity index is 591. The van der Waals surface area contributed by atoms with Gasteiger partial charge in [-0.2, -0.15) is 0 Å². The Morgan fingerprint density at radius 1 is 1.22 bits per heavy atom. The number of esters is 1. The number of carbonyl (C=O) groups excluding carboxylic acids is 1. The summed E-state index contributed by atoms with van der Waals surface area (Å²) in [6.45, 7) is 7.64. The molecule has 0 amide bonds. The lowest BCUT2D eigenvalue weighted by Gasteiger charge is -2.31. The molecule has 1 unspecified atom stereocenters. The van der Waals surface area contributed by atoms with Crippen LogP contribution in [0.2, 0.25) is 5.02 Å². The summed E-state index contributed by atoms with van der Waals surface area (Å²) in [5, 5.41) is 7.47. The molecule has 0 radical (unpaired) electrons. The van der Waals surface area contributed by atoms with Gasteiger partial charge in [-0.1, -0.05) is 43.6 Å². The first kappa shape index (κ1) is 23.2. The highest BCUT2D eigenvalue weighted by Gasteiger charge is 2.20. The van der Waals surface area contributed by atoms with Crippen LogP contribution in [0, 0.1) is 0 Å². The number of ether oxygens (including phenoxy) is 1. The number of rotatable bonds is 11. The molecule has 2 N–H and O–H groups in total. The Kier molecular flexibility index (Phi) is 11.5. The number of guanidine groups is 1. The third-order valence-electron chi connectivity index (χ3n) is 4.53. The van der Waals surface area contributed by atoms with Crippen molar-refractivity contribution in [1.82, 2.24) is 15.5 Å². The number of carbonyl (C=O) groups is 1. The monoisotopic (exact) mass is 396 g/mol. The van der Waals surface area contributed by atoms with Crippen molar-refractivity contribution in [3.63, 3.8) is 0 Å². The molecule has 0 saturated heterocycles. The summed E-state index contributed by atoms with van der Waals surface area (Å²) in [6.07, 6.45) is 2.11.